The van der Waals surface area contributed by atoms with Crippen LogP contribution in [0.25, 0.3) is 0 Å². The maximum absolute atomic E-state index is 12.0. The summed E-state index contributed by atoms with van der Waals surface area (Å²) in [7, 11) is -3.37. The Balaban J connectivity index is 0.00000200. The molecule has 2 aliphatic rings. The molecular weight excluding hydrogens is 287 g/mol. The molecule has 20 heavy (non-hydrogen) atoms. The van der Waals surface area contributed by atoms with E-state index in [1.807, 2.05) is 6.92 Å². The molecule has 0 unspecified atom stereocenters. The van der Waals surface area contributed by atoms with E-state index in [-0.39, 0.29) is 7.43 Å². The molecule has 2 nitrogen and oxygen atoms in total. The first-order chi connectivity index (χ1) is 9.00. The molecule has 0 bridgehead atoms. The van der Waals surface area contributed by atoms with E-state index in [9.17, 15) is 8.42 Å². The van der Waals surface area contributed by atoms with Gasteiger partial charge >= 0.3 is 0 Å². The van der Waals surface area contributed by atoms with Crippen LogP contribution in [0.4, 0.5) is 0 Å². The minimum absolute atomic E-state index is 0. The Bertz CT molecular complexity index is 350. The fourth-order valence-corrected chi connectivity index (χ4v) is 9.62. The van der Waals surface area contributed by atoms with Gasteiger partial charge in [0.2, 0.25) is 0 Å². The highest BCUT2D eigenvalue weighted by atomic mass is 32.2. The van der Waals surface area contributed by atoms with Gasteiger partial charge in [-0.05, 0) is 37.0 Å². The third-order valence-electron chi connectivity index (χ3n) is 4.84. The van der Waals surface area contributed by atoms with Crippen LogP contribution in [0.3, 0.4) is 0 Å². The summed E-state index contributed by atoms with van der Waals surface area (Å²) in [4.78, 5) is 0.848. The van der Waals surface area contributed by atoms with Crippen LogP contribution in [-0.2, 0) is 9.84 Å². The molecule has 2 aliphatic carbocycles. The van der Waals surface area contributed by atoms with Gasteiger partial charge < -0.3 is 0 Å². The molecule has 120 valence electrons. The summed E-state index contributed by atoms with van der Waals surface area (Å²) in [6.45, 7) is 1.92. The van der Waals surface area contributed by atoms with Gasteiger partial charge in [-0.15, -0.1) is 0 Å². The van der Waals surface area contributed by atoms with Gasteiger partial charge in [-0.3, -0.25) is 8.42 Å². The Kier molecular flexibility index (Phi) is 7.49. The van der Waals surface area contributed by atoms with Crippen molar-refractivity contribution >= 4 is 17.8 Å². The monoisotopic (exact) mass is 319 g/mol. The van der Waals surface area contributed by atoms with Gasteiger partial charge in [0.05, 0.1) is 0 Å². The first-order valence-corrected chi connectivity index (χ1v) is 11.2. The average Bonchev–Trinajstić information content (AvgIpc) is 2.40. The summed E-state index contributed by atoms with van der Waals surface area (Å²) in [6.07, 6.45) is 14.5. The van der Waals surface area contributed by atoms with Crippen LogP contribution >= 0.6 is 7.92 Å². The Morgan fingerprint density at radius 3 is 1.50 bits per heavy atom. The zero-order valence-corrected chi connectivity index (χ0v) is 14.1. The van der Waals surface area contributed by atoms with Gasteiger partial charge in [0.15, 0.2) is 0 Å². The molecule has 0 aromatic carbocycles. The molecule has 2 saturated carbocycles. The molecule has 0 aromatic heterocycles. The molecule has 0 heterocycles. The Hall–Kier alpha value is 0.380. The topological polar surface area (TPSA) is 34.1 Å². The Labute approximate surface area is 127 Å². The fraction of sp³-hybridized carbons (Fsp3) is 0.938. The van der Waals surface area contributed by atoms with E-state index in [2.05, 4.69) is 0 Å². The minimum atomic E-state index is -2.96. The molecule has 2 rings (SSSR count). The quantitative estimate of drug-likeness (QED) is 0.519. The maximum atomic E-state index is 12.0. The van der Waals surface area contributed by atoms with Crippen LogP contribution in [0.15, 0.2) is 0 Å². The van der Waals surface area contributed by atoms with E-state index in [1.165, 1.54) is 70.5 Å². The van der Waals surface area contributed by atoms with Gasteiger partial charge in [0, 0.05) is 16.1 Å². The van der Waals surface area contributed by atoms with Crippen LogP contribution < -0.4 is 0 Å². The van der Waals surface area contributed by atoms with Crippen molar-refractivity contribution in [3.63, 3.8) is 0 Å². The smallest absolute Gasteiger partial charge is 0.0275 e. The van der Waals surface area contributed by atoms with Crippen LogP contribution in [0.2, 0.25) is 0 Å². The second-order valence-corrected chi connectivity index (χ2v) is 11.7. The van der Waals surface area contributed by atoms with E-state index in [4.69, 9.17) is 0 Å². The number of sulfone groups is 1. The summed E-state index contributed by atoms with van der Waals surface area (Å²) in [5.41, 5.74) is 1.39. The number of rotatable bonds is 4. The highest BCUT2D eigenvalue weighted by Gasteiger charge is 2.29. The first kappa shape index (κ1) is 18.4. The number of hydrogen-bond donors (Lipinski definition) is 0. The second kappa shape index (κ2) is 8.13. The molecule has 0 N–H and O–H groups in total. The minimum Gasteiger partial charge on any atom is -0.262 e. The summed E-state index contributed by atoms with van der Waals surface area (Å²) in [5, 5.41) is 0. The third-order valence-corrected chi connectivity index (χ3v) is 10.9. The molecular formula is C16H32O2PS-. The van der Waals surface area contributed by atoms with E-state index >= 15 is 0 Å². The SMILES string of the molecule is C.C[C-](P(C1CCCCC1)C1CCCCC1)S(C)(=O)=O. The standard InChI is InChI=1S/C15H28O2PS.CH4/c1-13(19(2,16)17)18(14-9-5-3-6-10-14)15-11-7-4-8-12-15;/h14-15H,3-12H2,1-2H3;1H4/q-1;. The van der Waals surface area contributed by atoms with Crippen molar-refractivity contribution in [3.8, 4) is 0 Å². The molecule has 2 fully saturated rings. The van der Waals surface area contributed by atoms with Crippen molar-refractivity contribution in [2.45, 2.75) is 89.9 Å². The second-order valence-electron chi connectivity index (χ2n) is 6.28. The Morgan fingerprint density at radius 1 is 0.850 bits per heavy atom. The zero-order chi connectivity index (χ0) is 13.9. The van der Waals surface area contributed by atoms with Crippen molar-refractivity contribution in [1.29, 1.82) is 0 Å². The molecule has 0 aliphatic heterocycles. The van der Waals surface area contributed by atoms with Crippen LogP contribution in [0, 0.1) is 4.99 Å². The highest BCUT2D eigenvalue weighted by Crippen LogP contribution is 2.63. The lowest BCUT2D eigenvalue weighted by molar-refractivity contribution is 0.485. The lowest BCUT2D eigenvalue weighted by Gasteiger charge is -2.49. The van der Waals surface area contributed by atoms with Crippen LogP contribution in [-0.4, -0.2) is 26.0 Å². The molecule has 0 aromatic rings. The van der Waals surface area contributed by atoms with E-state index in [0.29, 0.717) is 11.3 Å². The van der Waals surface area contributed by atoms with Gasteiger partial charge in [-0.1, -0.05) is 46.0 Å². The van der Waals surface area contributed by atoms with Crippen LogP contribution in [0.5, 0.6) is 0 Å². The molecule has 0 atom stereocenters. The third kappa shape index (κ3) is 4.70. The molecule has 4 heteroatoms. The summed E-state index contributed by atoms with van der Waals surface area (Å²) in [6, 6.07) is 0. The van der Waals surface area contributed by atoms with E-state index < -0.39 is 17.8 Å². The molecule has 0 radical (unpaired) electrons. The first-order valence-electron chi connectivity index (χ1n) is 7.82. The van der Waals surface area contributed by atoms with Gasteiger partial charge in [-0.25, -0.2) is 7.92 Å². The van der Waals surface area contributed by atoms with E-state index in [0.717, 1.165) is 4.99 Å². The highest BCUT2D eigenvalue weighted by molar-refractivity contribution is 8.02. The van der Waals surface area contributed by atoms with Crippen molar-refractivity contribution in [2.24, 2.45) is 0 Å². The number of hydrogen-bond acceptors (Lipinski definition) is 2. The zero-order valence-electron chi connectivity index (χ0n) is 12.4. The lowest BCUT2D eigenvalue weighted by Crippen LogP contribution is -2.25. The van der Waals surface area contributed by atoms with Gasteiger partial charge in [-0.2, -0.15) is 11.9 Å². The normalized spacial score (nSPS) is 23.0. The average molecular weight is 319 g/mol. The van der Waals surface area contributed by atoms with Crippen molar-refractivity contribution < 1.29 is 8.42 Å². The van der Waals surface area contributed by atoms with Gasteiger partial charge in [0.1, 0.15) is 0 Å². The lowest BCUT2D eigenvalue weighted by atomic mass is 9.99. The van der Waals surface area contributed by atoms with Crippen molar-refractivity contribution in [1.82, 2.24) is 0 Å². The van der Waals surface area contributed by atoms with E-state index in [1.54, 1.807) is 0 Å². The predicted molar refractivity (Wildman–Crippen MR) is 91.2 cm³/mol. The van der Waals surface area contributed by atoms with Crippen molar-refractivity contribution in [2.75, 3.05) is 6.26 Å². The molecule has 0 spiro atoms. The summed E-state index contributed by atoms with van der Waals surface area (Å²) < 4.78 is 24.1. The van der Waals surface area contributed by atoms with Crippen LogP contribution in [0.1, 0.15) is 78.6 Å². The largest absolute Gasteiger partial charge is 0.262 e. The summed E-state index contributed by atoms with van der Waals surface area (Å²) >= 11 is 0. The summed E-state index contributed by atoms with van der Waals surface area (Å²) in [5.74, 6) is 0. The molecule has 0 saturated heterocycles. The maximum Gasteiger partial charge on any atom is 0.0275 e. The predicted octanol–water partition coefficient (Wildman–Crippen LogP) is 5.32. The van der Waals surface area contributed by atoms with Crippen molar-refractivity contribution in [3.05, 3.63) is 4.99 Å². The Morgan fingerprint density at radius 2 is 1.20 bits per heavy atom. The fourth-order valence-electron chi connectivity index (χ4n) is 3.72. The molecule has 0 amide bonds. The van der Waals surface area contributed by atoms with Gasteiger partial charge in [0.25, 0.3) is 0 Å².